The SMILES string of the molecule is c1ccc(CNc2cccc3scnc23)cc1. The van der Waals surface area contributed by atoms with Gasteiger partial charge in [-0.25, -0.2) is 4.98 Å². The lowest BCUT2D eigenvalue weighted by Gasteiger charge is -2.06. The second-order valence-corrected chi connectivity index (χ2v) is 4.73. The van der Waals surface area contributed by atoms with Crippen LogP contribution in [-0.2, 0) is 6.54 Å². The Hall–Kier alpha value is -1.87. The molecule has 0 saturated carbocycles. The maximum Gasteiger partial charge on any atom is 0.104 e. The van der Waals surface area contributed by atoms with Crippen LogP contribution in [-0.4, -0.2) is 4.98 Å². The number of benzene rings is 2. The Balaban J connectivity index is 1.84. The first-order valence-electron chi connectivity index (χ1n) is 5.53. The molecule has 3 aromatic rings. The van der Waals surface area contributed by atoms with E-state index in [1.165, 1.54) is 10.3 Å². The quantitative estimate of drug-likeness (QED) is 0.750. The molecule has 1 N–H and O–H groups in total. The molecule has 0 saturated heterocycles. The van der Waals surface area contributed by atoms with Gasteiger partial charge in [0, 0.05) is 6.54 Å². The molecule has 0 fully saturated rings. The number of aromatic nitrogens is 1. The summed E-state index contributed by atoms with van der Waals surface area (Å²) < 4.78 is 1.23. The van der Waals surface area contributed by atoms with E-state index < -0.39 is 0 Å². The van der Waals surface area contributed by atoms with Crippen LogP contribution < -0.4 is 5.32 Å². The molecule has 0 amide bonds. The second kappa shape index (κ2) is 4.55. The van der Waals surface area contributed by atoms with Crippen molar-refractivity contribution in [2.75, 3.05) is 5.32 Å². The third-order valence-corrected chi connectivity index (χ3v) is 3.48. The molecule has 0 bridgehead atoms. The van der Waals surface area contributed by atoms with Crippen LogP contribution in [0.3, 0.4) is 0 Å². The summed E-state index contributed by atoms with van der Waals surface area (Å²) in [5, 5.41) is 3.43. The highest BCUT2D eigenvalue weighted by atomic mass is 32.1. The maximum absolute atomic E-state index is 4.39. The van der Waals surface area contributed by atoms with Crippen LogP contribution in [0.2, 0.25) is 0 Å². The zero-order valence-electron chi connectivity index (χ0n) is 9.26. The van der Waals surface area contributed by atoms with Crippen molar-refractivity contribution in [1.82, 2.24) is 4.98 Å². The molecule has 0 aliphatic rings. The van der Waals surface area contributed by atoms with Gasteiger partial charge in [0.15, 0.2) is 0 Å². The van der Waals surface area contributed by atoms with Gasteiger partial charge in [0.1, 0.15) is 5.52 Å². The zero-order valence-corrected chi connectivity index (χ0v) is 10.1. The summed E-state index contributed by atoms with van der Waals surface area (Å²) in [5.74, 6) is 0. The Bertz CT molecular complexity index is 616. The maximum atomic E-state index is 4.39. The van der Waals surface area contributed by atoms with E-state index >= 15 is 0 Å². The average molecular weight is 240 g/mol. The number of thiazole rings is 1. The van der Waals surface area contributed by atoms with E-state index in [2.05, 4.69) is 52.8 Å². The number of rotatable bonds is 3. The summed E-state index contributed by atoms with van der Waals surface area (Å²) in [6.45, 7) is 0.831. The van der Waals surface area contributed by atoms with Crippen LogP contribution >= 0.6 is 11.3 Å². The van der Waals surface area contributed by atoms with Gasteiger partial charge in [-0.2, -0.15) is 0 Å². The van der Waals surface area contributed by atoms with Gasteiger partial charge in [-0.1, -0.05) is 36.4 Å². The molecule has 0 aliphatic heterocycles. The summed E-state index contributed by atoms with van der Waals surface area (Å²) in [7, 11) is 0. The van der Waals surface area contributed by atoms with Gasteiger partial charge in [-0.05, 0) is 17.7 Å². The first-order valence-corrected chi connectivity index (χ1v) is 6.41. The molecule has 3 rings (SSSR count). The van der Waals surface area contributed by atoms with Crippen LogP contribution in [0.15, 0.2) is 54.0 Å². The molecule has 84 valence electrons. The van der Waals surface area contributed by atoms with Gasteiger partial charge in [-0.3, -0.25) is 0 Å². The number of fused-ring (bicyclic) bond motifs is 1. The zero-order chi connectivity index (χ0) is 11.5. The fraction of sp³-hybridized carbons (Fsp3) is 0.0714. The van der Waals surface area contributed by atoms with Crippen LogP contribution in [0.1, 0.15) is 5.56 Å². The molecule has 2 aromatic carbocycles. The van der Waals surface area contributed by atoms with Crippen molar-refractivity contribution >= 4 is 27.2 Å². The number of hydrogen-bond donors (Lipinski definition) is 1. The molecular formula is C14H12N2S. The first kappa shape index (κ1) is 10.3. The minimum absolute atomic E-state index is 0.831. The van der Waals surface area contributed by atoms with Crippen molar-refractivity contribution in [1.29, 1.82) is 0 Å². The van der Waals surface area contributed by atoms with Crippen molar-refractivity contribution < 1.29 is 0 Å². The number of anilines is 1. The molecular weight excluding hydrogens is 228 g/mol. The Morgan fingerprint density at radius 1 is 1.00 bits per heavy atom. The van der Waals surface area contributed by atoms with E-state index in [1.54, 1.807) is 11.3 Å². The molecule has 0 unspecified atom stereocenters. The van der Waals surface area contributed by atoms with Gasteiger partial charge in [0.2, 0.25) is 0 Å². The van der Waals surface area contributed by atoms with E-state index in [0.717, 1.165) is 17.7 Å². The Morgan fingerprint density at radius 2 is 1.88 bits per heavy atom. The second-order valence-electron chi connectivity index (χ2n) is 3.84. The Kier molecular flexibility index (Phi) is 2.76. The molecule has 17 heavy (non-hydrogen) atoms. The molecule has 0 atom stereocenters. The molecule has 3 heteroatoms. The number of para-hydroxylation sites is 1. The van der Waals surface area contributed by atoms with Crippen LogP contribution in [0.5, 0.6) is 0 Å². The van der Waals surface area contributed by atoms with Crippen LogP contribution in [0.25, 0.3) is 10.2 Å². The lowest BCUT2D eigenvalue weighted by Crippen LogP contribution is -1.99. The lowest BCUT2D eigenvalue weighted by molar-refractivity contribution is 1.15. The summed E-state index contributed by atoms with van der Waals surface area (Å²) in [5.41, 5.74) is 5.33. The normalized spacial score (nSPS) is 10.6. The first-order chi connectivity index (χ1) is 8.43. The fourth-order valence-corrected chi connectivity index (χ4v) is 2.53. The Morgan fingerprint density at radius 3 is 2.76 bits per heavy atom. The third-order valence-electron chi connectivity index (χ3n) is 2.69. The summed E-state index contributed by atoms with van der Waals surface area (Å²) in [6, 6.07) is 16.6. The highest BCUT2D eigenvalue weighted by molar-refractivity contribution is 7.16. The molecule has 0 aliphatic carbocycles. The highest BCUT2D eigenvalue weighted by Gasteiger charge is 2.02. The van der Waals surface area contributed by atoms with Crippen molar-refractivity contribution in [3.8, 4) is 0 Å². The third kappa shape index (κ3) is 2.15. The van der Waals surface area contributed by atoms with Gasteiger partial charge in [0.25, 0.3) is 0 Å². The topological polar surface area (TPSA) is 24.9 Å². The number of nitrogens with zero attached hydrogens (tertiary/aromatic N) is 1. The average Bonchev–Trinajstić information content (AvgIpc) is 2.86. The number of nitrogens with one attached hydrogen (secondary N) is 1. The van der Waals surface area contributed by atoms with Crippen molar-refractivity contribution in [2.24, 2.45) is 0 Å². The summed E-state index contributed by atoms with van der Waals surface area (Å²) in [4.78, 5) is 4.39. The van der Waals surface area contributed by atoms with E-state index in [9.17, 15) is 0 Å². The van der Waals surface area contributed by atoms with Crippen molar-refractivity contribution in [3.05, 3.63) is 59.6 Å². The minimum Gasteiger partial charge on any atom is -0.379 e. The molecule has 1 aromatic heterocycles. The van der Waals surface area contributed by atoms with E-state index in [-0.39, 0.29) is 0 Å². The standard InChI is InChI=1S/C14H12N2S/c1-2-5-11(6-3-1)9-15-12-7-4-8-13-14(12)16-10-17-13/h1-8,10,15H,9H2. The smallest absolute Gasteiger partial charge is 0.104 e. The lowest BCUT2D eigenvalue weighted by atomic mass is 10.2. The van der Waals surface area contributed by atoms with Gasteiger partial charge < -0.3 is 5.32 Å². The minimum atomic E-state index is 0.831. The fourth-order valence-electron chi connectivity index (χ4n) is 1.82. The molecule has 1 heterocycles. The Labute approximate surface area is 104 Å². The van der Waals surface area contributed by atoms with Gasteiger partial charge in [0.05, 0.1) is 15.9 Å². The summed E-state index contributed by atoms with van der Waals surface area (Å²) >= 11 is 1.67. The largest absolute Gasteiger partial charge is 0.379 e. The van der Waals surface area contributed by atoms with E-state index in [1.807, 2.05) is 11.6 Å². The number of hydrogen-bond acceptors (Lipinski definition) is 3. The van der Waals surface area contributed by atoms with Crippen LogP contribution in [0.4, 0.5) is 5.69 Å². The molecule has 0 radical (unpaired) electrons. The predicted molar refractivity (Wildman–Crippen MR) is 73.4 cm³/mol. The van der Waals surface area contributed by atoms with E-state index in [4.69, 9.17) is 0 Å². The highest BCUT2D eigenvalue weighted by Crippen LogP contribution is 2.25. The van der Waals surface area contributed by atoms with E-state index in [0.29, 0.717) is 0 Å². The molecule has 2 nitrogen and oxygen atoms in total. The van der Waals surface area contributed by atoms with Crippen molar-refractivity contribution in [3.63, 3.8) is 0 Å². The monoisotopic (exact) mass is 240 g/mol. The van der Waals surface area contributed by atoms with Crippen molar-refractivity contribution in [2.45, 2.75) is 6.54 Å². The predicted octanol–water partition coefficient (Wildman–Crippen LogP) is 3.91. The molecule has 0 spiro atoms. The van der Waals surface area contributed by atoms with Crippen LogP contribution in [0, 0.1) is 0 Å². The van der Waals surface area contributed by atoms with Gasteiger partial charge >= 0.3 is 0 Å². The summed E-state index contributed by atoms with van der Waals surface area (Å²) in [6.07, 6.45) is 0. The van der Waals surface area contributed by atoms with Gasteiger partial charge in [-0.15, -0.1) is 11.3 Å².